The van der Waals surface area contributed by atoms with Crippen molar-refractivity contribution in [3.63, 3.8) is 0 Å². The SMILES string of the molecule is O=C(O)C1C=NN2C1=NC(C1CCCCC1)C1CCOC12. The molecule has 0 aromatic carbocycles. The second-order valence-corrected chi connectivity index (χ2v) is 6.51. The van der Waals surface area contributed by atoms with Crippen molar-refractivity contribution in [2.24, 2.45) is 27.8 Å². The first-order chi connectivity index (χ1) is 10.3. The molecule has 114 valence electrons. The summed E-state index contributed by atoms with van der Waals surface area (Å²) in [7, 11) is 0. The first-order valence-electron chi connectivity index (χ1n) is 8.01. The molecule has 21 heavy (non-hydrogen) atoms. The number of aliphatic imine (C=N–C) groups is 1. The summed E-state index contributed by atoms with van der Waals surface area (Å²) in [6.07, 6.45) is 8.67. The van der Waals surface area contributed by atoms with Crippen LogP contribution < -0.4 is 0 Å². The number of hydrazone groups is 1. The molecule has 4 rings (SSSR count). The summed E-state index contributed by atoms with van der Waals surface area (Å²) >= 11 is 0. The third-order valence-corrected chi connectivity index (χ3v) is 5.32. The maximum absolute atomic E-state index is 11.4. The van der Waals surface area contributed by atoms with Crippen molar-refractivity contribution in [1.82, 2.24) is 5.01 Å². The van der Waals surface area contributed by atoms with Crippen molar-refractivity contribution in [3.05, 3.63) is 0 Å². The molecule has 1 aliphatic carbocycles. The fourth-order valence-corrected chi connectivity index (χ4v) is 4.28. The summed E-state index contributed by atoms with van der Waals surface area (Å²) in [5, 5.41) is 15.3. The number of hydrogen-bond acceptors (Lipinski definition) is 5. The van der Waals surface area contributed by atoms with E-state index in [0.29, 0.717) is 17.7 Å². The number of ether oxygens (including phenoxy) is 1. The predicted octanol–water partition coefficient (Wildman–Crippen LogP) is 1.71. The fraction of sp³-hybridized carbons (Fsp3) is 0.800. The number of carboxylic acid groups (broad SMARTS) is 1. The largest absolute Gasteiger partial charge is 0.480 e. The Bertz CT molecular complexity index is 498. The predicted molar refractivity (Wildman–Crippen MR) is 77.1 cm³/mol. The minimum Gasteiger partial charge on any atom is -0.480 e. The Morgan fingerprint density at radius 3 is 2.86 bits per heavy atom. The second kappa shape index (κ2) is 5.09. The molecule has 1 N–H and O–H groups in total. The smallest absolute Gasteiger partial charge is 0.319 e. The zero-order valence-corrected chi connectivity index (χ0v) is 12.0. The highest BCUT2D eigenvalue weighted by Crippen LogP contribution is 2.42. The number of aliphatic carboxylic acids is 1. The number of carboxylic acids is 1. The van der Waals surface area contributed by atoms with Crippen LogP contribution in [0, 0.1) is 17.8 Å². The van der Waals surface area contributed by atoms with Gasteiger partial charge in [-0.05, 0) is 25.2 Å². The standard InChI is InChI=1S/C15H21N3O3/c19-15(20)11-8-16-18-13(11)17-12(9-4-2-1-3-5-9)10-6-7-21-14(10)18/h8-12,14H,1-7H2,(H,19,20). The zero-order valence-electron chi connectivity index (χ0n) is 12.0. The van der Waals surface area contributed by atoms with Crippen LogP contribution in [-0.2, 0) is 9.53 Å². The van der Waals surface area contributed by atoms with E-state index in [1.165, 1.54) is 38.3 Å². The van der Waals surface area contributed by atoms with E-state index in [1.807, 2.05) is 0 Å². The van der Waals surface area contributed by atoms with E-state index >= 15 is 0 Å². The van der Waals surface area contributed by atoms with Crippen molar-refractivity contribution >= 4 is 18.0 Å². The Labute approximate surface area is 123 Å². The third-order valence-electron chi connectivity index (χ3n) is 5.32. The lowest BCUT2D eigenvalue weighted by Crippen LogP contribution is -2.50. The van der Waals surface area contributed by atoms with Gasteiger partial charge in [-0.15, -0.1) is 0 Å². The molecule has 6 nitrogen and oxygen atoms in total. The van der Waals surface area contributed by atoms with Crippen LogP contribution in [0.2, 0.25) is 0 Å². The van der Waals surface area contributed by atoms with Crippen LogP contribution in [0.15, 0.2) is 10.1 Å². The molecule has 0 aromatic rings. The van der Waals surface area contributed by atoms with Crippen molar-refractivity contribution in [1.29, 1.82) is 0 Å². The first-order valence-corrected chi connectivity index (χ1v) is 8.01. The van der Waals surface area contributed by atoms with Crippen LogP contribution in [0.4, 0.5) is 0 Å². The lowest BCUT2D eigenvalue weighted by Gasteiger charge is -2.40. The minimum atomic E-state index is -0.876. The molecule has 0 amide bonds. The summed E-state index contributed by atoms with van der Waals surface area (Å²) in [6, 6.07) is 0.215. The van der Waals surface area contributed by atoms with Crippen LogP contribution in [0.5, 0.6) is 0 Å². The van der Waals surface area contributed by atoms with Gasteiger partial charge in [-0.3, -0.25) is 9.79 Å². The summed E-state index contributed by atoms with van der Waals surface area (Å²) in [4.78, 5) is 16.3. The number of rotatable bonds is 2. The van der Waals surface area contributed by atoms with Gasteiger partial charge < -0.3 is 9.84 Å². The van der Waals surface area contributed by atoms with Crippen LogP contribution in [-0.4, -0.2) is 47.0 Å². The molecule has 0 spiro atoms. The van der Waals surface area contributed by atoms with Gasteiger partial charge in [-0.2, -0.15) is 5.10 Å². The number of carbonyl (C=O) groups is 1. The van der Waals surface area contributed by atoms with Gasteiger partial charge in [0.25, 0.3) is 0 Å². The topological polar surface area (TPSA) is 74.5 Å². The molecule has 3 aliphatic heterocycles. The quantitative estimate of drug-likeness (QED) is 0.840. The molecule has 3 heterocycles. The Morgan fingerprint density at radius 1 is 1.29 bits per heavy atom. The monoisotopic (exact) mass is 291 g/mol. The van der Waals surface area contributed by atoms with Crippen LogP contribution in [0.25, 0.3) is 0 Å². The molecule has 2 fully saturated rings. The zero-order chi connectivity index (χ0) is 14.4. The van der Waals surface area contributed by atoms with Crippen molar-refractivity contribution < 1.29 is 14.6 Å². The summed E-state index contributed by atoms with van der Waals surface area (Å²) in [5.74, 6) is -0.0551. The van der Waals surface area contributed by atoms with Crippen molar-refractivity contribution in [2.75, 3.05) is 6.61 Å². The van der Waals surface area contributed by atoms with E-state index in [0.717, 1.165) is 13.0 Å². The minimum absolute atomic E-state index is 0.106. The molecule has 1 saturated heterocycles. The molecular weight excluding hydrogens is 270 g/mol. The number of amidine groups is 1. The third kappa shape index (κ3) is 2.08. The highest BCUT2D eigenvalue weighted by atomic mass is 16.5. The van der Waals surface area contributed by atoms with Crippen molar-refractivity contribution in [2.45, 2.75) is 50.8 Å². The van der Waals surface area contributed by atoms with Gasteiger partial charge in [0.05, 0.1) is 6.04 Å². The Hall–Kier alpha value is -1.43. The first kappa shape index (κ1) is 13.2. The van der Waals surface area contributed by atoms with E-state index in [9.17, 15) is 9.90 Å². The molecule has 0 radical (unpaired) electrons. The van der Waals surface area contributed by atoms with Gasteiger partial charge in [0, 0.05) is 18.7 Å². The summed E-state index contributed by atoms with van der Waals surface area (Å²) in [5.41, 5.74) is 0. The van der Waals surface area contributed by atoms with E-state index < -0.39 is 11.9 Å². The maximum Gasteiger partial charge on any atom is 0.319 e. The Kier molecular flexibility index (Phi) is 3.21. The molecule has 6 heteroatoms. The van der Waals surface area contributed by atoms with Crippen LogP contribution in [0.1, 0.15) is 38.5 Å². The van der Waals surface area contributed by atoms with Gasteiger partial charge in [0.1, 0.15) is 5.84 Å². The average Bonchev–Trinajstić information content (AvgIpc) is 3.13. The molecular formula is C15H21N3O3. The summed E-state index contributed by atoms with van der Waals surface area (Å²) < 4.78 is 5.86. The number of nitrogens with zero attached hydrogens (tertiary/aromatic N) is 3. The number of hydrogen-bond donors (Lipinski definition) is 1. The van der Waals surface area contributed by atoms with Crippen LogP contribution >= 0.6 is 0 Å². The molecule has 1 saturated carbocycles. The van der Waals surface area contributed by atoms with E-state index in [1.54, 1.807) is 5.01 Å². The van der Waals surface area contributed by atoms with Gasteiger partial charge in [-0.1, -0.05) is 19.3 Å². The Balaban J connectivity index is 1.67. The molecule has 0 aromatic heterocycles. The number of fused-ring (bicyclic) bond motifs is 3. The maximum atomic E-state index is 11.4. The van der Waals surface area contributed by atoms with Gasteiger partial charge in [0.15, 0.2) is 12.1 Å². The second-order valence-electron chi connectivity index (χ2n) is 6.51. The molecule has 4 aliphatic rings. The van der Waals surface area contributed by atoms with E-state index in [4.69, 9.17) is 9.73 Å². The average molecular weight is 291 g/mol. The molecule has 4 atom stereocenters. The lowest BCUT2D eigenvalue weighted by molar-refractivity contribution is -0.137. The highest BCUT2D eigenvalue weighted by molar-refractivity contribution is 6.15. The van der Waals surface area contributed by atoms with E-state index in [2.05, 4.69) is 5.10 Å². The summed E-state index contributed by atoms with van der Waals surface area (Å²) in [6.45, 7) is 0.727. The van der Waals surface area contributed by atoms with Gasteiger partial charge in [-0.25, -0.2) is 5.01 Å². The van der Waals surface area contributed by atoms with Gasteiger partial charge >= 0.3 is 5.97 Å². The van der Waals surface area contributed by atoms with Gasteiger partial charge in [0.2, 0.25) is 0 Å². The normalized spacial score (nSPS) is 39.0. The van der Waals surface area contributed by atoms with E-state index in [-0.39, 0.29) is 12.3 Å². The molecule has 4 unspecified atom stereocenters. The van der Waals surface area contributed by atoms with Crippen molar-refractivity contribution in [3.8, 4) is 0 Å². The molecule has 0 bridgehead atoms. The highest BCUT2D eigenvalue weighted by Gasteiger charge is 2.50. The Morgan fingerprint density at radius 2 is 2.10 bits per heavy atom. The lowest BCUT2D eigenvalue weighted by atomic mass is 9.77. The van der Waals surface area contributed by atoms with Crippen LogP contribution in [0.3, 0.4) is 0 Å². The fourth-order valence-electron chi connectivity index (χ4n) is 4.28.